The van der Waals surface area contributed by atoms with Crippen LogP contribution >= 0.6 is 11.3 Å². The maximum Gasteiger partial charge on any atom is 0.262 e. The first kappa shape index (κ1) is 18.1. The summed E-state index contributed by atoms with van der Waals surface area (Å²) in [5, 5.41) is 3.59. The minimum Gasteiger partial charge on any atom is -0.340 e. The molecule has 1 N–H and O–H groups in total. The van der Waals surface area contributed by atoms with Crippen LogP contribution in [0.15, 0.2) is 66.0 Å². The van der Waals surface area contributed by atoms with Crippen molar-refractivity contribution >= 4 is 27.5 Å². The highest BCUT2D eigenvalue weighted by molar-refractivity contribution is 7.20. The van der Waals surface area contributed by atoms with Crippen molar-refractivity contribution in [2.24, 2.45) is 7.05 Å². The number of carbonyl (C=O) groups excluding carboxylic acids is 1. The predicted molar refractivity (Wildman–Crippen MR) is 110 cm³/mol. The van der Waals surface area contributed by atoms with Crippen LogP contribution in [0.1, 0.15) is 32.4 Å². The van der Waals surface area contributed by atoms with E-state index in [9.17, 15) is 9.59 Å². The van der Waals surface area contributed by atoms with Crippen LogP contribution < -0.4 is 10.9 Å². The lowest BCUT2D eigenvalue weighted by Crippen LogP contribution is -2.29. The van der Waals surface area contributed by atoms with Crippen LogP contribution in [0.3, 0.4) is 0 Å². The van der Waals surface area contributed by atoms with Gasteiger partial charge >= 0.3 is 0 Å². The van der Waals surface area contributed by atoms with Crippen LogP contribution in [0, 0.1) is 6.92 Å². The van der Waals surface area contributed by atoms with Crippen LogP contribution in [-0.2, 0) is 7.05 Å². The Morgan fingerprint density at radius 1 is 1.14 bits per heavy atom. The zero-order valence-corrected chi connectivity index (χ0v) is 16.2. The highest BCUT2D eigenvalue weighted by Gasteiger charge is 2.23. The number of amides is 1. The number of rotatable bonds is 4. The fourth-order valence-electron chi connectivity index (χ4n) is 3.17. The summed E-state index contributed by atoms with van der Waals surface area (Å²) in [6.45, 7) is 1.79. The third-order valence-electron chi connectivity index (χ3n) is 4.64. The van der Waals surface area contributed by atoms with Gasteiger partial charge in [-0.05, 0) is 29.7 Å². The fourth-order valence-corrected chi connectivity index (χ4v) is 4.22. The number of nitrogens with one attached hydrogen (secondary N) is 1. The number of fused-ring (bicyclic) bond motifs is 1. The monoisotopic (exact) mass is 390 g/mol. The molecular formula is C21H18N4O2S. The molecular weight excluding hydrogens is 372 g/mol. The minimum absolute atomic E-state index is 0.148. The van der Waals surface area contributed by atoms with E-state index in [-0.39, 0.29) is 17.5 Å². The molecule has 1 atom stereocenters. The Labute approximate surface area is 165 Å². The van der Waals surface area contributed by atoms with Gasteiger partial charge < -0.3 is 9.88 Å². The molecule has 0 spiro atoms. The second-order valence-electron chi connectivity index (χ2n) is 6.50. The average Bonchev–Trinajstić information content (AvgIpc) is 3.07. The molecule has 28 heavy (non-hydrogen) atoms. The first-order valence-electron chi connectivity index (χ1n) is 8.76. The van der Waals surface area contributed by atoms with E-state index in [1.807, 2.05) is 42.5 Å². The Hall–Kier alpha value is -3.32. The molecule has 0 aliphatic rings. The first-order valence-corrected chi connectivity index (χ1v) is 9.58. The molecule has 1 aromatic carbocycles. The van der Waals surface area contributed by atoms with E-state index in [0.717, 1.165) is 11.1 Å². The first-order chi connectivity index (χ1) is 13.6. The maximum atomic E-state index is 13.1. The Balaban J connectivity index is 1.75. The summed E-state index contributed by atoms with van der Waals surface area (Å²) in [7, 11) is 1.65. The average molecular weight is 390 g/mol. The lowest BCUT2D eigenvalue weighted by atomic mass is 10.00. The second-order valence-corrected chi connectivity index (χ2v) is 7.50. The van der Waals surface area contributed by atoms with E-state index in [4.69, 9.17) is 0 Å². The predicted octanol–water partition coefficient (Wildman–Crippen LogP) is 3.22. The van der Waals surface area contributed by atoms with Gasteiger partial charge in [-0.25, -0.2) is 4.98 Å². The second kappa shape index (κ2) is 7.36. The molecule has 1 amide bonds. The topological polar surface area (TPSA) is 76.9 Å². The zero-order chi connectivity index (χ0) is 19.7. The van der Waals surface area contributed by atoms with Crippen LogP contribution in [0.4, 0.5) is 0 Å². The van der Waals surface area contributed by atoms with Gasteiger partial charge in [0, 0.05) is 19.4 Å². The molecule has 0 saturated carbocycles. The molecule has 0 bridgehead atoms. The highest BCUT2D eigenvalue weighted by atomic mass is 32.1. The number of aryl methyl sites for hydroxylation is 2. The highest BCUT2D eigenvalue weighted by Crippen LogP contribution is 2.28. The molecule has 0 aliphatic carbocycles. The number of hydrogen-bond acceptors (Lipinski definition) is 5. The Bertz CT molecular complexity index is 1160. The molecule has 1 unspecified atom stereocenters. The molecule has 0 saturated heterocycles. The van der Waals surface area contributed by atoms with Crippen molar-refractivity contribution in [3.63, 3.8) is 0 Å². The van der Waals surface area contributed by atoms with Gasteiger partial charge in [0.05, 0.1) is 22.6 Å². The van der Waals surface area contributed by atoms with Crippen molar-refractivity contribution < 1.29 is 4.79 Å². The van der Waals surface area contributed by atoms with Crippen molar-refractivity contribution in [1.82, 2.24) is 19.9 Å². The summed E-state index contributed by atoms with van der Waals surface area (Å²) in [5.41, 5.74) is 2.35. The molecule has 0 radical (unpaired) electrons. The third-order valence-corrected chi connectivity index (χ3v) is 5.84. The third kappa shape index (κ3) is 3.20. The van der Waals surface area contributed by atoms with E-state index >= 15 is 0 Å². The van der Waals surface area contributed by atoms with Gasteiger partial charge in [0.15, 0.2) is 0 Å². The molecule has 0 aliphatic heterocycles. The van der Waals surface area contributed by atoms with E-state index < -0.39 is 0 Å². The van der Waals surface area contributed by atoms with Gasteiger partial charge in [-0.1, -0.05) is 36.4 Å². The molecule has 140 valence electrons. The van der Waals surface area contributed by atoms with Gasteiger partial charge in [0.2, 0.25) is 0 Å². The summed E-state index contributed by atoms with van der Waals surface area (Å²) < 4.78 is 1.42. The number of carbonyl (C=O) groups is 1. The standard InChI is InChI=1S/C21H18N4O2S/c1-13-16-20(23-12-25(2)21(16)27)28-18(13)19(26)24-17(14-7-4-3-5-8-14)15-9-6-10-22-11-15/h3-12,17H,1-2H3,(H,24,26). The fraction of sp³-hybridized carbons (Fsp3) is 0.143. The maximum absolute atomic E-state index is 13.1. The number of hydrogen-bond donors (Lipinski definition) is 1. The molecule has 4 rings (SSSR count). The van der Waals surface area contributed by atoms with E-state index in [2.05, 4.69) is 15.3 Å². The lowest BCUT2D eigenvalue weighted by Gasteiger charge is -2.19. The molecule has 4 aromatic rings. The number of benzene rings is 1. The lowest BCUT2D eigenvalue weighted by molar-refractivity contribution is 0.0946. The van der Waals surface area contributed by atoms with Crippen molar-refractivity contribution in [3.8, 4) is 0 Å². The van der Waals surface area contributed by atoms with Crippen LogP contribution in [-0.4, -0.2) is 20.4 Å². The molecule has 7 heteroatoms. The summed E-state index contributed by atoms with van der Waals surface area (Å²) >= 11 is 1.24. The van der Waals surface area contributed by atoms with E-state index in [1.165, 1.54) is 22.2 Å². The van der Waals surface area contributed by atoms with Gasteiger partial charge in [-0.2, -0.15) is 0 Å². The van der Waals surface area contributed by atoms with Crippen LogP contribution in [0.5, 0.6) is 0 Å². The summed E-state index contributed by atoms with van der Waals surface area (Å²) in [5.74, 6) is -0.236. The summed E-state index contributed by atoms with van der Waals surface area (Å²) in [6, 6.07) is 13.2. The van der Waals surface area contributed by atoms with Gasteiger partial charge in [0.1, 0.15) is 4.83 Å². The summed E-state index contributed by atoms with van der Waals surface area (Å²) in [6.07, 6.45) is 4.92. The molecule has 3 aromatic heterocycles. The van der Waals surface area contributed by atoms with Crippen LogP contribution in [0.25, 0.3) is 10.2 Å². The number of aromatic nitrogens is 3. The molecule has 6 nitrogen and oxygen atoms in total. The van der Waals surface area contributed by atoms with Crippen molar-refractivity contribution in [2.75, 3.05) is 0 Å². The van der Waals surface area contributed by atoms with Gasteiger partial charge in [-0.3, -0.25) is 14.6 Å². The smallest absolute Gasteiger partial charge is 0.262 e. The van der Waals surface area contributed by atoms with E-state index in [1.54, 1.807) is 26.4 Å². The molecule has 3 heterocycles. The zero-order valence-electron chi connectivity index (χ0n) is 15.4. The van der Waals surface area contributed by atoms with Crippen LogP contribution in [0.2, 0.25) is 0 Å². The largest absolute Gasteiger partial charge is 0.340 e. The molecule has 0 fully saturated rings. The number of thiophene rings is 1. The SMILES string of the molecule is Cc1c(C(=O)NC(c2ccccc2)c2cccnc2)sc2ncn(C)c(=O)c12. The quantitative estimate of drug-likeness (QED) is 0.580. The van der Waals surface area contributed by atoms with Gasteiger partial charge in [-0.15, -0.1) is 11.3 Å². The van der Waals surface area contributed by atoms with Crippen molar-refractivity contribution in [3.05, 3.63) is 93.1 Å². The number of pyridine rings is 1. The Morgan fingerprint density at radius 3 is 2.61 bits per heavy atom. The normalized spacial score (nSPS) is 12.1. The summed E-state index contributed by atoms with van der Waals surface area (Å²) in [4.78, 5) is 35.1. The Morgan fingerprint density at radius 2 is 1.89 bits per heavy atom. The number of nitrogens with zero attached hydrogens (tertiary/aromatic N) is 3. The van der Waals surface area contributed by atoms with Crippen molar-refractivity contribution in [1.29, 1.82) is 0 Å². The minimum atomic E-state index is -0.345. The van der Waals surface area contributed by atoms with Crippen molar-refractivity contribution in [2.45, 2.75) is 13.0 Å². The Kier molecular flexibility index (Phi) is 4.75. The van der Waals surface area contributed by atoms with Gasteiger partial charge in [0.25, 0.3) is 11.5 Å². The van der Waals surface area contributed by atoms with E-state index in [0.29, 0.717) is 20.7 Å².